The summed E-state index contributed by atoms with van der Waals surface area (Å²) in [6, 6.07) is 6.11. The zero-order valence-electron chi connectivity index (χ0n) is 17.8. The fraction of sp³-hybridized carbons (Fsp3) is 0.227. The van der Waals surface area contributed by atoms with Gasteiger partial charge in [-0.3, -0.25) is 14.2 Å². The molecule has 4 rings (SSSR count). The second-order valence-corrected chi connectivity index (χ2v) is 9.91. The number of hydrogen-bond acceptors (Lipinski definition) is 6. The average molecular weight is 528 g/mol. The summed E-state index contributed by atoms with van der Waals surface area (Å²) in [6.07, 6.45) is -3.08. The van der Waals surface area contributed by atoms with Crippen LogP contribution >= 0.6 is 34.7 Å². The summed E-state index contributed by atoms with van der Waals surface area (Å²) in [5.41, 5.74) is -0.489. The Bertz CT molecular complexity index is 1430. The Morgan fingerprint density at radius 2 is 2.06 bits per heavy atom. The average Bonchev–Trinajstić information content (AvgIpc) is 3.37. The maximum atomic E-state index is 13.3. The molecule has 1 aromatic carbocycles. The van der Waals surface area contributed by atoms with Crippen molar-refractivity contribution in [1.29, 1.82) is 0 Å². The Kier molecular flexibility index (Phi) is 6.79. The van der Waals surface area contributed by atoms with E-state index in [1.807, 2.05) is 13.8 Å². The Balaban J connectivity index is 1.61. The van der Waals surface area contributed by atoms with Gasteiger partial charge in [-0.2, -0.15) is 13.2 Å². The number of benzene rings is 1. The Labute approximate surface area is 204 Å². The molecule has 0 fully saturated rings. The molecule has 0 aliphatic heterocycles. The number of nitrogens with one attached hydrogen (secondary N) is 1. The van der Waals surface area contributed by atoms with Gasteiger partial charge >= 0.3 is 6.18 Å². The first kappa shape index (κ1) is 24.4. The molecule has 0 saturated carbocycles. The molecule has 12 heteroatoms. The monoisotopic (exact) mass is 527 g/mol. The topological polar surface area (TPSA) is 77.1 Å². The quantitative estimate of drug-likeness (QED) is 0.241. The molecule has 0 saturated heterocycles. The minimum atomic E-state index is -4.57. The van der Waals surface area contributed by atoms with Crippen molar-refractivity contribution in [2.24, 2.45) is 0 Å². The number of carbonyl (C=O) groups excluding carboxylic acids is 1. The smallest absolute Gasteiger partial charge is 0.416 e. The van der Waals surface area contributed by atoms with Crippen LogP contribution in [0.25, 0.3) is 10.2 Å². The van der Waals surface area contributed by atoms with E-state index >= 15 is 0 Å². The Hall–Kier alpha value is -2.76. The number of rotatable bonds is 6. The number of furan rings is 1. The zero-order valence-corrected chi connectivity index (χ0v) is 20.2. The molecule has 0 aliphatic carbocycles. The van der Waals surface area contributed by atoms with E-state index in [4.69, 9.17) is 16.0 Å². The first-order valence-electron chi connectivity index (χ1n) is 9.87. The minimum Gasteiger partial charge on any atom is -0.467 e. The van der Waals surface area contributed by atoms with Crippen LogP contribution in [0.1, 0.15) is 21.8 Å². The van der Waals surface area contributed by atoms with Crippen molar-refractivity contribution in [2.45, 2.75) is 31.7 Å². The van der Waals surface area contributed by atoms with Crippen LogP contribution in [0.2, 0.25) is 5.02 Å². The lowest BCUT2D eigenvalue weighted by Gasteiger charge is -2.13. The lowest BCUT2D eigenvalue weighted by Crippen LogP contribution is -2.24. The van der Waals surface area contributed by atoms with Crippen molar-refractivity contribution < 1.29 is 22.4 Å². The van der Waals surface area contributed by atoms with Crippen molar-refractivity contribution in [1.82, 2.24) is 9.55 Å². The number of thiophene rings is 1. The number of amides is 1. The van der Waals surface area contributed by atoms with Gasteiger partial charge in [0.1, 0.15) is 10.6 Å². The molecule has 34 heavy (non-hydrogen) atoms. The van der Waals surface area contributed by atoms with Crippen molar-refractivity contribution in [3.8, 4) is 0 Å². The third-order valence-electron chi connectivity index (χ3n) is 5.05. The van der Waals surface area contributed by atoms with E-state index in [1.165, 1.54) is 22.2 Å². The first-order chi connectivity index (χ1) is 16.0. The second-order valence-electron chi connectivity index (χ2n) is 7.36. The van der Waals surface area contributed by atoms with Gasteiger partial charge < -0.3 is 9.73 Å². The van der Waals surface area contributed by atoms with E-state index < -0.39 is 17.6 Å². The number of fused-ring (bicyclic) bond motifs is 1. The fourth-order valence-corrected chi connectivity index (χ4v) is 5.26. The van der Waals surface area contributed by atoms with Crippen LogP contribution in [-0.2, 0) is 17.5 Å². The molecule has 0 aliphatic rings. The molecule has 0 radical (unpaired) electrons. The molecule has 1 N–H and O–H groups in total. The van der Waals surface area contributed by atoms with E-state index in [0.717, 1.165) is 40.4 Å². The normalized spacial score (nSPS) is 11.8. The molecule has 4 aromatic rings. The van der Waals surface area contributed by atoms with Crippen LogP contribution in [0.5, 0.6) is 0 Å². The van der Waals surface area contributed by atoms with Crippen molar-refractivity contribution in [3.63, 3.8) is 0 Å². The van der Waals surface area contributed by atoms with Crippen LogP contribution in [0, 0.1) is 13.8 Å². The zero-order chi connectivity index (χ0) is 24.6. The second kappa shape index (κ2) is 9.47. The van der Waals surface area contributed by atoms with E-state index in [9.17, 15) is 22.8 Å². The summed E-state index contributed by atoms with van der Waals surface area (Å²) in [7, 11) is 0. The molecule has 3 heterocycles. The summed E-state index contributed by atoms with van der Waals surface area (Å²) in [5, 5.41) is 3.18. The molecular formula is C22H17ClF3N3O3S2. The highest BCUT2D eigenvalue weighted by molar-refractivity contribution is 7.99. The number of carbonyl (C=O) groups is 1. The number of halogens is 4. The van der Waals surface area contributed by atoms with Gasteiger partial charge in [0, 0.05) is 4.88 Å². The lowest BCUT2D eigenvalue weighted by atomic mass is 10.2. The van der Waals surface area contributed by atoms with E-state index in [-0.39, 0.29) is 28.6 Å². The van der Waals surface area contributed by atoms with Crippen LogP contribution in [-0.4, -0.2) is 21.2 Å². The summed E-state index contributed by atoms with van der Waals surface area (Å²) >= 11 is 8.34. The van der Waals surface area contributed by atoms with Crippen LogP contribution in [0.15, 0.2) is 51.0 Å². The van der Waals surface area contributed by atoms with Gasteiger partial charge in [-0.05, 0) is 49.7 Å². The highest BCUT2D eigenvalue weighted by Crippen LogP contribution is 2.34. The van der Waals surface area contributed by atoms with Gasteiger partial charge in [0.05, 0.1) is 40.2 Å². The van der Waals surface area contributed by atoms with Gasteiger partial charge in [0.2, 0.25) is 5.91 Å². The van der Waals surface area contributed by atoms with Crippen molar-refractivity contribution in [2.75, 3.05) is 11.1 Å². The lowest BCUT2D eigenvalue weighted by molar-refractivity contribution is -0.137. The number of anilines is 1. The summed E-state index contributed by atoms with van der Waals surface area (Å²) < 4.78 is 45.8. The largest absolute Gasteiger partial charge is 0.467 e. The highest BCUT2D eigenvalue weighted by Gasteiger charge is 2.31. The third kappa shape index (κ3) is 5.01. The molecule has 3 aromatic heterocycles. The molecule has 178 valence electrons. The molecule has 0 spiro atoms. The van der Waals surface area contributed by atoms with Gasteiger partial charge in [0.15, 0.2) is 5.16 Å². The standard InChI is InChI=1S/C22H17ClF3N3O3S2/c1-11-12(2)34-19-18(11)20(31)29(9-14-4-3-7-32-14)21(28-19)33-10-17(30)27-16-8-13(22(24,25)26)5-6-15(16)23/h3-8H,9-10H2,1-2H3,(H,27,30). The number of aryl methyl sites for hydroxylation is 2. The number of aromatic nitrogens is 2. The molecule has 1 amide bonds. The van der Waals surface area contributed by atoms with Gasteiger partial charge in [0.25, 0.3) is 5.56 Å². The van der Waals surface area contributed by atoms with Gasteiger partial charge in [-0.15, -0.1) is 11.3 Å². The predicted molar refractivity (Wildman–Crippen MR) is 127 cm³/mol. The first-order valence-corrected chi connectivity index (χ1v) is 12.0. The van der Waals surface area contributed by atoms with Crippen molar-refractivity contribution >= 4 is 56.5 Å². The maximum Gasteiger partial charge on any atom is 0.416 e. The van der Waals surface area contributed by atoms with Crippen LogP contribution in [0.4, 0.5) is 18.9 Å². The molecule has 0 bridgehead atoms. The third-order valence-corrected chi connectivity index (χ3v) is 7.46. The predicted octanol–water partition coefficient (Wildman–Crippen LogP) is 6.12. The summed E-state index contributed by atoms with van der Waals surface area (Å²) in [5.74, 6) is -0.259. The summed E-state index contributed by atoms with van der Waals surface area (Å²) in [4.78, 5) is 31.9. The van der Waals surface area contributed by atoms with E-state index in [2.05, 4.69) is 10.3 Å². The minimum absolute atomic E-state index is 0.0230. The Morgan fingerprint density at radius 1 is 1.29 bits per heavy atom. The maximum absolute atomic E-state index is 13.3. The molecule has 0 unspecified atom stereocenters. The van der Waals surface area contributed by atoms with E-state index in [0.29, 0.717) is 21.1 Å². The molecular weight excluding hydrogens is 511 g/mol. The van der Waals surface area contributed by atoms with Crippen LogP contribution < -0.4 is 10.9 Å². The summed E-state index contributed by atoms with van der Waals surface area (Å²) in [6.45, 7) is 3.87. The Morgan fingerprint density at radius 3 is 2.74 bits per heavy atom. The highest BCUT2D eigenvalue weighted by atomic mass is 35.5. The number of hydrogen-bond donors (Lipinski definition) is 1. The van der Waals surface area contributed by atoms with Crippen molar-refractivity contribution in [3.05, 3.63) is 73.7 Å². The SMILES string of the molecule is Cc1sc2nc(SCC(=O)Nc3cc(C(F)(F)F)ccc3Cl)n(Cc3ccco3)c(=O)c2c1C. The number of alkyl halides is 3. The van der Waals surface area contributed by atoms with E-state index in [1.54, 1.807) is 12.1 Å². The van der Waals surface area contributed by atoms with Crippen LogP contribution in [0.3, 0.4) is 0 Å². The molecule has 6 nitrogen and oxygen atoms in total. The molecule has 0 atom stereocenters. The number of nitrogens with zero attached hydrogens (tertiary/aromatic N) is 2. The van der Waals surface area contributed by atoms with Gasteiger partial charge in [-0.25, -0.2) is 4.98 Å². The fourth-order valence-electron chi connectivity index (χ4n) is 3.23. The van der Waals surface area contributed by atoms with Gasteiger partial charge in [-0.1, -0.05) is 23.4 Å². The number of thioether (sulfide) groups is 1.